The Morgan fingerprint density at radius 3 is 2.72 bits per heavy atom. The number of H-pyrrole nitrogens is 1. The lowest BCUT2D eigenvalue weighted by Gasteiger charge is -2.26. The van der Waals surface area contributed by atoms with Gasteiger partial charge in [-0.3, -0.25) is 9.89 Å². The molecule has 0 saturated carbocycles. The van der Waals surface area contributed by atoms with Crippen molar-refractivity contribution in [2.24, 2.45) is 0 Å². The SMILES string of the molecule is O=C(Nc1ccc(-c2csc(N3CCOCC3)n2)cc1)c1n[nH]c2ccccc12. The van der Waals surface area contributed by atoms with Crippen LogP contribution in [0.15, 0.2) is 53.9 Å². The van der Waals surface area contributed by atoms with Crippen molar-refractivity contribution >= 4 is 39.0 Å². The molecule has 0 bridgehead atoms. The Kier molecular flexibility index (Phi) is 4.71. The number of aromatic nitrogens is 3. The molecule has 1 saturated heterocycles. The zero-order chi connectivity index (χ0) is 19.6. The number of nitrogens with one attached hydrogen (secondary N) is 2. The van der Waals surface area contributed by atoms with E-state index in [1.807, 2.05) is 48.5 Å². The van der Waals surface area contributed by atoms with Crippen molar-refractivity contribution in [2.45, 2.75) is 0 Å². The van der Waals surface area contributed by atoms with Gasteiger partial charge in [0.25, 0.3) is 5.91 Å². The number of para-hydroxylation sites is 1. The predicted octanol–water partition coefficient (Wildman–Crippen LogP) is 3.78. The zero-order valence-electron chi connectivity index (χ0n) is 15.6. The average molecular weight is 405 g/mol. The van der Waals surface area contributed by atoms with Gasteiger partial charge in [-0.05, 0) is 18.2 Å². The van der Waals surface area contributed by atoms with Crippen molar-refractivity contribution < 1.29 is 9.53 Å². The van der Waals surface area contributed by atoms with Gasteiger partial charge in [0, 0.05) is 35.1 Å². The highest BCUT2D eigenvalue weighted by atomic mass is 32.1. The molecule has 2 N–H and O–H groups in total. The summed E-state index contributed by atoms with van der Waals surface area (Å²) in [4.78, 5) is 19.6. The predicted molar refractivity (Wildman–Crippen MR) is 115 cm³/mol. The van der Waals surface area contributed by atoms with E-state index < -0.39 is 0 Å². The highest BCUT2D eigenvalue weighted by Gasteiger charge is 2.16. The van der Waals surface area contributed by atoms with E-state index in [0.29, 0.717) is 5.69 Å². The summed E-state index contributed by atoms with van der Waals surface area (Å²) < 4.78 is 5.40. The normalized spacial score (nSPS) is 14.3. The number of fused-ring (bicyclic) bond motifs is 1. The van der Waals surface area contributed by atoms with Crippen LogP contribution in [-0.4, -0.2) is 47.4 Å². The summed E-state index contributed by atoms with van der Waals surface area (Å²) in [6, 6.07) is 15.3. The summed E-state index contributed by atoms with van der Waals surface area (Å²) >= 11 is 1.64. The first-order valence-corrected chi connectivity index (χ1v) is 10.3. The molecule has 1 aliphatic heterocycles. The van der Waals surface area contributed by atoms with Crippen LogP contribution in [0.5, 0.6) is 0 Å². The first kappa shape index (κ1) is 17.8. The fourth-order valence-corrected chi connectivity index (χ4v) is 4.24. The smallest absolute Gasteiger partial charge is 0.276 e. The van der Waals surface area contributed by atoms with Crippen molar-refractivity contribution in [2.75, 3.05) is 36.5 Å². The second-order valence-electron chi connectivity index (χ2n) is 6.76. The second-order valence-corrected chi connectivity index (χ2v) is 7.60. The maximum atomic E-state index is 12.6. The second kappa shape index (κ2) is 7.65. The molecule has 4 aromatic rings. The lowest BCUT2D eigenvalue weighted by molar-refractivity contribution is 0.102. The van der Waals surface area contributed by atoms with Crippen LogP contribution in [-0.2, 0) is 4.74 Å². The average Bonchev–Trinajstić information content (AvgIpc) is 3.43. The Labute approximate surface area is 171 Å². The monoisotopic (exact) mass is 405 g/mol. The van der Waals surface area contributed by atoms with E-state index in [2.05, 4.69) is 25.8 Å². The lowest BCUT2D eigenvalue weighted by Crippen LogP contribution is -2.36. The molecular formula is C21H19N5O2S. The minimum Gasteiger partial charge on any atom is -0.378 e. The summed E-state index contributed by atoms with van der Waals surface area (Å²) in [7, 11) is 0. The van der Waals surface area contributed by atoms with Gasteiger partial charge in [-0.1, -0.05) is 30.3 Å². The third-order valence-electron chi connectivity index (χ3n) is 4.90. The molecule has 0 radical (unpaired) electrons. The molecule has 2 aromatic heterocycles. The van der Waals surface area contributed by atoms with Gasteiger partial charge in [0.2, 0.25) is 0 Å². The van der Waals surface area contributed by atoms with Gasteiger partial charge in [-0.25, -0.2) is 4.98 Å². The molecule has 1 amide bonds. The fraction of sp³-hybridized carbons (Fsp3) is 0.190. The highest BCUT2D eigenvalue weighted by molar-refractivity contribution is 7.14. The number of anilines is 2. The third-order valence-corrected chi connectivity index (χ3v) is 5.80. The molecule has 1 aliphatic rings. The maximum absolute atomic E-state index is 12.6. The first-order chi connectivity index (χ1) is 14.3. The Morgan fingerprint density at radius 1 is 1.10 bits per heavy atom. The standard InChI is InChI=1S/C21H19N5O2S/c27-20(19-16-3-1-2-4-17(16)24-25-19)22-15-7-5-14(6-8-15)18-13-29-21(23-18)26-9-11-28-12-10-26/h1-8,13H,9-12H2,(H,22,27)(H,24,25). The minimum absolute atomic E-state index is 0.238. The minimum atomic E-state index is -0.238. The number of hydrogen-bond donors (Lipinski definition) is 2. The topological polar surface area (TPSA) is 83.1 Å². The van der Waals surface area contributed by atoms with Gasteiger partial charge in [-0.15, -0.1) is 11.3 Å². The van der Waals surface area contributed by atoms with Crippen molar-refractivity contribution in [3.8, 4) is 11.3 Å². The van der Waals surface area contributed by atoms with E-state index in [0.717, 1.165) is 59.3 Å². The zero-order valence-corrected chi connectivity index (χ0v) is 16.4. The molecule has 0 atom stereocenters. The number of carbonyl (C=O) groups is 1. The first-order valence-electron chi connectivity index (χ1n) is 9.41. The Hall–Kier alpha value is -3.23. The Morgan fingerprint density at radius 2 is 1.90 bits per heavy atom. The van der Waals surface area contributed by atoms with Gasteiger partial charge >= 0.3 is 0 Å². The molecule has 7 nitrogen and oxygen atoms in total. The Bertz CT molecular complexity index is 1150. The molecule has 3 heterocycles. The van der Waals surface area contributed by atoms with Gasteiger partial charge in [0.05, 0.1) is 24.4 Å². The lowest BCUT2D eigenvalue weighted by atomic mass is 10.1. The highest BCUT2D eigenvalue weighted by Crippen LogP contribution is 2.29. The van der Waals surface area contributed by atoms with Crippen molar-refractivity contribution in [1.29, 1.82) is 0 Å². The summed E-state index contributed by atoms with van der Waals surface area (Å²) in [5.74, 6) is -0.238. The molecule has 0 unspecified atom stereocenters. The number of carbonyl (C=O) groups excluding carboxylic acids is 1. The molecule has 146 valence electrons. The number of rotatable bonds is 4. The summed E-state index contributed by atoms with van der Waals surface area (Å²) in [5, 5.41) is 13.8. The number of morpholine rings is 1. The number of benzene rings is 2. The van der Waals surface area contributed by atoms with E-state index in [1.54, 1.807) is 11.3 Å². The van der Waals surface area contributed by atoms with E-state index in [-0.39, 0.29) is 5.91 Å². The van der Waals surface area contributed by atoms with Crippen LogP contribution in [0.1, 0.15) is 10.5 Å². The van der Waals surface area contributed by atoms with E-state index >= 15 is 0 Å². The molecule has 8 heteroatoms. The number of nitrogens with zero attached hydrogens (tertiary/aromatic N) is 3. The van der Waals surface area contributed by atoms with Gasteiger partial charge in [-0.2, -0.15) is 5.10 Å². The number of thiazole rings is 1. The van der Waals surface area contributed by atoms with Crippen molar-refractivity contribution in [3.05, 3.63) is 59.6 Å². The maximum Gasteiger partial charge on any atom is 0.276 e. The summed E-state index contributed by atoms with van der Waals surface area (Å²) in [6.45, 7) is 3.24. The van der Waals surface area contributed by atoms with E-state index in [9.17, 15) is 4.79 Å². The molecule has 1 fully saturated rings. The Balaban J connectivity index is 1.30. The van der Waals surface area contributed by atoms with Crippen LogP contribution in [0.4, 0.5) is 10.8 Å². The molecular weight excluding hydrogens is 386 g/mol. The number of ether oxygens (including phenoxy) is 1. The van der Waals surface area contributed by atoms with Crippen LogP contribution in [0.25, 0.3) is 22.2 Å². The molecule has 5 rings (SSSR count). The molecule has 29 heavy (non-hydrogen) atoms. The van der Waals surface area contributed by atoms with Crippen molar-refractivity contribution in [3.63, 3.8) is 0 Å². The largest absolute Gasteiger partial charge is 0.378 e. The quantitative estimate of drug-likeness (QED) is 0.540. The fourth-order valence-electron chi connectivity index (χ4n) is 3.35. The third kappa shape index (κ3) is 3.59. The van der Waals surface area contributed by atoms with Crippen LogP contribution in [0.2, 0.25) is 0 Å². The van der Waals surface area contributed by atoms with Crippen molar-refractivity contribution in [1.82, 2.24) is 15.2 Å². The van der Waals surface area contributed by atoms with Crippen LogP contribution in [0, 0.1) is 0 Å². The molecule has 0 spiro atoms. The van der Waals surface area contributed by atoms with Gasteiger partial charge in [0.1, 0.15) is 0 Å². The van der Waals surface area contributed by atoms with Crippen LogP contribution < -0.4 is 10.2 Å². The van der Waals surface area contributed by atoms with Gasteiger partial charge in [0.15, 0.2) is 10.8 Å². The van der Waals surface area contributed by atoms with Gasteiger partial charge < -0.3 is 15.0 Å². The number of hydrogen-bond acceptors (Lipinski definition) is 6. The van der Waals surface area contributed by atoms with Crippen LogP contribution >= 0.6 is 11.3 Å². The van der Waals surface area contributed by atoms with Crippen LogP contribution in [0.3, 0.4) is 0 Å². The summed E-state index contributed by atoms with van der Waals surface area (Å²) in [6.07, 6.45) is 0. The molecule has 0 aliphatic carbocycles. The number of aromatic amines is 1. The molecule has 2 aromatic carbocycles. The summed E-state index contributed by atoms with van der Waals surface area (Å²) in [5.41, 5.74) is 3.90. The van der Waals surface area contributed by atoms with E-state index in [4.69, 9.17) is 9.72 Å². The van der Waals surface area contributed by atoms with E-state index in [1.165, 1.54) is 0 Å². The number of amides is 1.